The number of likely N-dealkylation sites (N-methyl/N-ethyl adjacent to an activating group) is 1. The van der Waals surface area contributed by atoms with Gasteiger partial charge >= 0.3 is 0 Å². The molecule has 0 unspecified atom stereocenters. The highest BCUT2D eigenvalue weighted by Crippen LogP contribution is 2.15. The largest absolute Gasteiger partial charge is 0.491 e. The van der Waals surface area contributed by atoms with Crippen LogP contribution in [-0.2, 0) is 4.79 Å². The van der Waals surface area contributed by atoms with E-state index in [4.69, 9.17) is 4.74 Å². The molecule has 112 valence electrons. The molecule has 0 radical (unpaired) electrons. The van der Waals surface area contributed by atoms with Crippen LogP contribution < -0.4 is 10.1 Å². The zero-order valence-electron chi connectivity index (χ0n) is 13.0. The van der Waals surface area contributed by atoms with Gasteiger partial charge in [0.1, 0.15) is 12.4 Å². The van der Waals surface area contributed by atoms with Gasteiger partial charge in [-0.05, 0) is 18.6 Å². The number of benzene rings is 1. The molecule has 0 spiro atoms. The Bertz CT molecular complexity index is 419. The maximum absolute atomic E-state index is 11.9. The van der Waals surface area contributed by atoms with Gasteiger partial charge < -0.3 is 15.0 Å². The first-order chi connectivity index (χ1) is 9.50. The number of hydrogen-bond acceptors (Lipinski definition) is 3. The van der Waals surface area contributed by atoms with Gasteiger partial charge in [-0.2, -0.15) is 0 Å². The molecule has 0 aliphatic heterocycles. The predicted molar refractivity (Wildman–Crippen MR) is 82.1 cm³/mol. The standard InChI is InChI=1S/C16H26N2O2/c1-13(2)17-10-9-16(19)18(4)11-12-20-15-8-6-5-7-14(15)3/h5-8,13,17H,9-12H2,1-4H3. The summed E-state index contributed by atoms with van der Waals surface area (Å²) < 4.78 is 5.69. The van der Waals surface area contributed by atoms with Crippen LogP contribution >= 0.6 is 0 Å². The topological polar surface area (TPSA) is 41.6 Å². The first-order valence-corrected chi connectivity index (χ1v) is 7.16. The Balaban J connectivity index is 2.24. The minimum atomic E-state index is 0.145. The second-order valence-electron chi connectivity index (χ2n) is 5.29. The Morgan fingerprint density at radius 3 is 2.70 bits per heavy atom. The van der Waals surface area contributed by atoms with Gasteiger partial charge in [-0.3, -0.25) is 4.79 Å². The Morgan fingerprint density at radius 1 is 1.35 bits per heavy atom. The van der Waals surface area contributed by atoms with E-state index in [1.165, 1.54) is 0 Å². The fourth-order valence-corrected chi connectivity index (χ4v) is 1.79. The molecule has 1 amide bonds. The van der Waals surface area contributed by atoms with E-state index in [1.807, 2.05) is 38.2 Å². The Morgan fingerprint density at radius 2 is 2.05 bits per heavy atom. The van der Waals surface area contributed by atoms with Gasteiger partial charge in [-0.1, -0.05) is 32.0 Å². The van der Waals surface area contributed by atoms with Gasteiger partial charge in [0, 0.05) is 26.1 Å². The third kappa shape index (κ3) is 6.06. The van der Waals surface area contributed by atoms with Crippen LogP contribution in [0, 0.1) is 6.92 Å². The number of ether oxygens (including phenoxy) is 1. The summed E-state index contributed by atoms with van der Waals surface area (Å²) in [7, 11) is 1.82. The van der Waals surface area contributed by atoms with Crippen LogP contribution in [-0.4, -0.2) is 43.6 Å². The van der Waals surface area contributed by atoms with Crippen LogP contribution in [0.2, 0.25) is 0 Å². The summed E-state index contributed by atoms with van der Waals surface area (Å²) in [6.45, 7) is 8.01. The smallest absolute Gasteiger partial charge is 0.223 e. The summed E-state index contributed by atoms with van der Waals surface area (Å²) in [5.41, 5.74) is 1.11. The molecule has 20 heavy (non-hydrogen) atoms. The molecule has 0 aliphatic carbocycles. The zero-order valence-corrected chi connectivity index (χ0v) is 13.0. The highest BCUT2D eigenvalue weighted by molar-refractivity contribution is 5.76. The number of carbonyl (C=O) groups excluding carboxylic acids is 1. The van der Waals surface area contributed by atoms with E-state index in [9.17, 15) is 4.79 Å². The summed E-state index contributed by atoms with van der Waals surface area (Å²) in [4.78, 5) is 13.6. The van der Waals surface area contributed by atoms with Gasteiger partial charge in [-0.15, -0.1) is 0 Å². The molecular weight excluding hydrogens is 252 g/mol. The molecule has 0 saturated carbocycles. The van der Waals surface area contributed by atoms with E-state index in [0.717, 1.165) is 17.9 Å². The summed E-state index contributed by atoms with van der Waals surface area (Å²) in [5, 5.41) is 3.24. The Hall–Kier alpha value is -1.55. The molecule has 1 aromatic carbocycles. The number of amides is 1. The van der Waals surface area contributed by atoms with Crippen LogP contribution in [0.5, 0.6) is 5.75 Å². The van der Waals surface area contributed by atoms with E-state index in [2.05, 4.69) is 19.2 Å². The molecule has 0 atom stereocenters. The summed E-state index contributed by atoms with van der Waals surface area (Å²) in [6.07, 6.45) is 0.527. The summed E-state index contributed by atoms with van der Waals surface area (Å²) in [5.74, 6) is 1.03. The maximum atomic E-state index is 11.9. The van der Waals surface area contributed by atoms with Crippen LogP contribution in [0.4, 0.5) is 0 Å². The average molecular weight is 278 g/mol. The van der Waals surface area contributed by atoms with Crippen LogP contribution in [0.15, 0.2) is 24.3 Å². The minimum Gasteiger partial charge on any atom is -0.491 e. The van der Waals surface area contributed by atoms with Crippen LogP contribution in [0.1, 0.15) is 25.8 Å². The van der Waals surface area contributed by atoms with Crippen molar-refractivity contribution in [1.82, 2.24) is 10.2 Å². The fourth-order valence-electron chi connectivity index (χ4n) is 1.79. The second-order valence-corrected chi connectivity index (χ2v) is 5.29. The van der Waals surface area contributed by atoms with E-state index in [1.54, 1.807) is 4.90 Å². The molecule has 0 bridgehead atoms. The molecule has 1 N–H and O–H groups in total. The SMILES string of the molecule is Cc1ccccc1OCCN(C)C(=O)CCNC(C)C. The van der Waals surface area contributed by atoms with Crippen LogP contribution in [0.25, 0.3) is 0 Å². The van der Waals surface area contributed by atoms with Crippen molar-refractivity contribution in [2.75, 3.05) is 26.7 Å². The quantitative estimate of drug-likeness (QED) is 0.793. The van der Waals surface area contributed by atoms with Crippen molar-refractivity contribution in [2.24, 2.45) is 0 Å². The number of carbonyl (C=O) groups is 1. The second kappa shape index (κ2) is 8.59. The lowest BCUT2D eigenvalue weighted by Gasteiger charge is -2.18. The Kier molecular flexibility index (Phi) is 7.09. The first kappa shape index (κ1) is 16.5. The van der Waals surface area contributed by atoms with Crippen molar-refractivity contribution in [3.63, 3.8) is 0 Å². The van der Waals surface area contributed by atoms with E-state index in [-0.39, 0.29) is 5.91 Å². The number of para-hydroxylation sites is 1. The first-order valence-electron chi connectivity index (χ1n) is 7.16. The summed E-state index contributed by atoms with van der Waals surface area (Å²) in [6, 6.07) is 8.32. The lowest BCUT2D eigenvalue weighted by molar-refractivity contribution is -0.130. The minimum absolute atomic E-state index is 0.145. The zero-order chi connectivity index (χ0) is 15.0. The van der Waals surface area contributed by atoms with Gasteiger partial charge in [-0.25, -0.2) is 0 Å². The number of rotatable bonds is 8. The molecule has 0 aromatic heterocycles. The normalized spacial score (nSPS) is 10.7. The van der Waals surface area contributed by atoms with E-state index < -0.39 is 0 Å². The van der Waals surface area contributed by atoms with Gasteiger partial charge in [0.05, 0.1) is 6.54 Å². The van der Waals surface area contributed by atoms with Gasteiger partial charge in [0.2, 0.25) is 5.91 Å². The summed E-state index contributed by atoms with van der Waals surface area (Å²) >= 11 is 0. The van der Waals surface area contributed by atoms with E-state index >= 15 is 0 Å². The highest BCUT2D eigenvalue weighted by atomic mass is 16.5. The molecule has 0 fully saturated rings. The third-order valence-electron chi connectivity index (χ3n) is 3.10. The molecule has 1 rings (SSSR count). The number of nitrogens with one attached hydrogen (secondary N) is 1. The van der Waals surface area contributed by atoms with Gasteiger partial charge in [0.25, 0.3) is 0 Å². The van der Waals surface area contributed by atoms with Crippen molar-refractivity contribution >= 4 is 5.91 Å². The van der Waals surface area contributed by atoms with Crippen molar-refractivity contribution in [1.29, 1.82) is 0 Å². The Labute approximate surface area is 122 Å². The van der Waals surface area contributed by atoms with Crippen molar-refractivity contribution < 1.29 is 9.53 Å². The lowest BCUT2D eigenvalue weighted by atomic mass is 10.2. The number of nitrogens with zero attached hydrogens (tertiary/aromatic N) is 1. The predicted octanol–water partition coefficient (Wildman–Crippen LogP) is 2.22. The van der Waals surface area contributed by atoms with Crippen LogP contribution in [0.3, 0.4) is 0 Å². The van der Waals surface area contributed by atoms with Crippen molar-refractivity contribution in [2.45, 2.75) is 33.2 Å². The molecule has 0 heterocycles. The van der Waals surface area contributed by atoms with Crippen molar-refractivity contribution in [3.8, 4) is 5.75 Å². The molecule has 4 nitrogen and oxygen atoms in total. The molecular formula is C16H26N2O2. The van der Waals surface area contributed by atoms with E-state index in [0.29, 0.717) is 25.6 Å². The number of aryl methyl sites for hydroxylation is 1. The molecule has 4 heteroatoms. The number of hydrogen-bond donors (Lipinski definition) is 1. The lowest BCUT2D eigenvalue weighted by Crippen LogP contribution is -2.34. The monoisotopic (exact) mass is 278 g/mol. The molecule has 1 aromatic rings. The fraction of sp³-hybridized carbons (Fsp3) is 0.562. The average Bonchev–Trinajstić information content (AvgIpc) is 2.40. The highest BCUT2D eigenvalue weighted by Gasteiger charge is 2.08. The molecule has 0 saturated heterocycles. The van der Waals surface area contributed by atoms with Gasteiger partial charge in [0.15, 0.2) is 0 Å². The van der Waals surface area contributed by atoms with Crippen molar-refractivity contribution in [3.05, 3.63) is 29.8 Å². The molecule has 0 aliphatic rings. The maximum Gasteiger partial charge on any atom is 0.223 e. The third-order valence-corrected chi connectivity index (χ3v) is 3.10.